The first-order valence-corrected chi connectivity index (χ1v) is 9.39. The van der Waals surface area contributed by atoms with E-state index in [9.17, 15) is 9.59 Å². The summed E-state index contributed by atoms with van der Waals surface area (Å²) in [7, 11) is 3.89. The average Bonchev–Trinajstić information content (AvgIpc) is 2.65. The molecule has 0 aliphatic heterocycles. The highest BCUT2D eigenvalue weighted by atomic mass is 35.5. The molecule has 1 atom stereocenters. The van der Waals surface area contributed by atoms with Gasteiger partial charge in [-0.1, -0.05) is 35.9 Å². The molecule has 0 radical (unpaired) electrons. The topological polar surface area (TPSA) is 67.2 Å². The summed E-state index contributed by atoms with van der Waals surface area (Å²) < 4.78 is 1.40. The van der Waals surface area contributed by atoms with E-state index in [0.29, 0.717) is 28.3 Å². The number of carbonyl (C=O) groups excluding carboxylic acids is 1. The molecule has 0 spiro atoms. The Labute approximate surface area is 168 Å². The van der Waals surface area contributed by atoms with Crippen LogP contribution in [0.1, 0.15) is 17.4 Å². The van der Waals surface area contributed by atoms with Crippen LogP contribution in [0.25, 0.3) is 10.9 Å². The zero-order valence-corrected chi connectivity index (χ0v) is 16.9. The zero-order chi connectivity index (χ0) is 20.3. The van der Waals surface area contributed by atoms with Gasteiger partial charge in [-0.05, 0) is 50.8 Å². The van der Waals surface area contributed by atoms with Crippen molar-refractivity contribution in [3.05, 3.63) is 75.3 Å². The molecule has 0 aliphatic rings. The summed E-state index contributed by atoms with van der Waals surface area (Å²) in [5.74, 6) is 0.272. The molecule has 0 fully saturated rings. The zero-order valence-electron chi connectivity index (χ0n) is 16.1. The predicted octanol–water partition coefficient (Wildman–Crippen LogP) is 2.78. The second-order valence-electron chi connectivity index (χ2n) is 6.91. The molecule has 1 heterocycles. The van der Waals surface area contributed by atoms with E-state index in [4.69, 9.17) is 11.6 Å². The van der Waals surface area contributed by atoms with Crippen molar-refractivity contribution in [1.82, 2.24) is 19.8 Å². The number of aryl methyl sites for hydroxylation is 1. The van der Waals surface area contributed by atoms with E-state index in [1.54, 1.807) is 25.1 Å². The van der Waals surface area contributed by atoms with Gasteiger partial charge in [-0.3, -0.25) is 14.2 Å². The van der Waals surface area contributed by atoms with E-state index in [0.717, 1.165) is 5.56 Å². The molecule has 1 unspecified atom stereocenters. The van der Waals surface area contributed by atoms with Crippen LogP contribution in [0.15, 0.2) is 53.3 Å². The van der Waals surface area contributed by atoms with E-state index >= 15 is 0 Å². The molecule has 1 amide bonds. The third-order valence-corrected chi connectivity index (χ3v) is 4.94. The van der Waals surface area contributed by atoms with Crippen molar-refractivity contribution in [2.45, 2.75) is 19.5 Å². The fourth-order valence-electron chi connectivity index (χ4n) is 3.19. The quantitative estimate of drug-likeness (QED) is 0.693. The number of halogens is 1. The van der Waals surface area contributed by atoms with Crippen LogP contribution in [-0.2, 0) is 11.3 Å². The molecule has 3 aromatic rings. The van der Waals surface area contributed by atoms with E-state index in [1.165, 1.54) is 4.57 Å². The van der Waals surface area contributed by atoms with Crippen LogP contribution < -0.4 is 10.9 Å². The highest BCUT2D eigenvalue weighted by molar-refractivity contribution is 6.30. The van der Waals surface area contributed by atoms with Gasteiger partial charge in [-0.15, -0.1) is 0 Å². The molecule has 6 nitrogen and oxygen atoms in total. The first-order chi connectivity index (χ1) is 13.4. The first-order valence-electron chi connectivity index (χ1n) is 9.01. The summed E-state index contributed by atoms with van der Waals surface area (Å²) in [6.45, 7) is 2.06. The van der Waals surface area contributed by atoms with Crippen molar-refractivity contribution < 1.29 is 4.79 Å². The summed E-state index contributed by atoms with van der Waals surface area (Å²) in [5, 5.41) is 4.08. The second-order valence-corrected chi connectivity index (χ2v) is 7.34. The highest BCUT2D eigenvalue weighted by Gasteiger charge is 2.17. The number of carbonyl (C=O) groups is 1. The lowest BCUT2D eigenvalue weighted by atomic mass is 10.1. The maximum atomic E-state index is 12.7. The van der Waals surface area contributed by atoms with Gasteiger partial charge in [0.05, 0.1) is 16.9 Å². The Morgan fingerprint density at radius 1 is 1.21 bits per heavy atom. The fraction of sp³-hybridized carbons (Fsp3) is 0.286. The predicted molar refractivity (Wildman–Crippen MR) is 112 cm³/mol. The molecular formula is C21H23ClN4O2. The van der Waals surface area contributed by atoms with Gasteiger partial charge >= 0.3 is 0 Å². The minimum atomic E-state index is -0.240. The molecule has 28 heavy (non-hydrogen) atoms. The molecule has 0 saturated heterocycles. The standard InChI is InChI=1S/C21H23ClN4O2/c1-14-24-18-10-5-4-9-17(18)21(28)26(14)13-20(27)23-12-19(25(2)3)15-7-6-8-16(22)11-15/h4-11,19H,12-13H2,1-3H3,(H,23,27). The third kappa shape index (κ3) is 4.40. The Bertz CT molecular complexity index is 1060. The first kappa shape index (κ1) is 20.0. The molecule has 0 saturated carbocycles. The molecule has 146 valence electrons. The number of likely N-dealkylation sites (N-methyl/N-ethyl adjacent to an activating group) is 1. The van der Waals surface area contributed by atoms with Crippen LogP contribution in [0.2, 0.25) is 5.02 Å². The van der Waals surface area contributed by atoms with Gasteiger partial charge in [0, 0.05) is 11.6 Å². The fourth-order valence-corrected chi connectivity index (χ4v) is 3.39. The number of fused-ring (bicyclic) bond motifs is 1. The maximum Gasteiger partial charge on any atom is 0.261 e. The molecule has 3 rings (SSSR count). The van der Waals surface area contributed by atoms with Crippen molar-refractivity contribution in [2.75, 3.05) is 20.6 Å². The summed E-state index contributed by atoms with van der Waals surface area (Å²) in [4.78, 5) is 31.7. The second kappa shape index (κ2) is 8.54. The van der Waals surface area contributed by atoms with E-state index < -0.39 is 0 Å². The van der Waals surface area contributed by atoms with Crippen LogP contribution in [0, 0.1) is 6.92 Å². The number of nitrogens with one attached hydrogen (secondary N) is 1. The number of hydrogen-bond acceptors (Lipinski definition) is 4. The van der Waals surface area contributed by atoms with Gasteiger partial charge in [-0.25, -0.2) is 4.98 Å². The van der Waals surface area contributed by atoms with Gasteiger partial charge in [-0.2, -0.15) is 0 Å². The van der Waals surface area contributed by atoms with Gasteiger partial charge < -0.3 is 10.2 Å². The number of para-hydroxylation sites is 1. The molecule has 0 bridgehead atoms. The monoisotopic (exact) mass is 398 g/mol. The number of benzene rings is 2. The molecule has 7 heteroatoms. The van der Waals surface area contributed by atoms with E-state index in [1.807, 2.05) is 49.3 Å². The van der Waals surface area contributed by atoms with Crippen LogP contribution in [0.5, 0.6) is 0 Å². The van der Waals surface area contributed by atoms with Crippen LogP contribution in [0.3, 0.4) is 0 Å². The van der Waals surface area contributed by atoms with E-state index in [-0.39, 0.29) is 24.1 Å². The molecule has 1 aromatic heterocycles. The van der Waals surface area contributed by atoms with Gasteiger partial charge in [0.2, 0.25) is 5.91 Å². The van der Waals surface area contributed by atoms with Crippen LogP contribution in [0.4, 0.5) is 0 Å². The average molecular weight is 399 g/mol. The minimum absolute atomic E-state index is 0.0322. The molecular weight excluding hydrogens is 376 g/mol. The largest absolute Gasteiger partial charge is 0.353 e. The Hall–Kier alpha value is -2.70. The molecule has 2 aromatic carbocycles. The Kier molecular flexibility index (Phi) is 6.11. The van der Waals surface area contributed by atoms with Gasteiger partial charge in [0.15, 0.2) is 0 Å². The summed E-state index contributed by atoms with van der Waals surface area (Å²) in [6, 6.07) is 14.7. The highest BCUT2D eigenvalue weighted by Crippen LogP contribution is 2.21. The minimum Gasteiger partial charge on any atom is -0.353 e. The van der Waals surface area contributed by atoms with E-state index in [2.05, 4.69) is 10.3 Å². The lowest BCUT2D eigenvalue weighted by Gasteiger charge is -2.25. The molecule has 0 aliphatic carbocycles. The number of nitrogens with zero attached hydrogens (tertiary/aromatic N) is 3. The van der Waals surface area contributed by atoms with Crippen LogP contribution >= 0.6 is 11.6 Å². The Morgan fingerprint density at radius 2 is 1.96 bits per heavy atom. The van der Waals surface area contributed by atoms with Crippen molar-refractivity contribution in [3.8, 4) is 0 Å². The smallest absolute Gasteiger partial charge is 0.261 e. The van der Waals surface area contributed by atoms with Crippen LogP contribution in [-0.4, -0.2) is 41.0 Å². The normalized spacial score (nSPS) is 12.3. The number of amides is 1. The summed E-state index contributed by atoms with van der Waals surface area (Å²) in [5.41, 5.74) is 1.44. The number of aromatic nitrogens is 2. The Balaban J connectivity index is 1.75. The van der Waals surface area contributed by atoms with Crippen molar-refractivity contribution in [1.29, 1.82) is 0 Å². The van der Waals surface area contributed by atoms with Crippen molar-refractivity contribution >= 4 is 28.4 Å². The summed E-state index contributed by atoms with van der Waals surface area (Å²) >= 11 is 6.10. The van der Waals surface area contributed by atoms with Crippen molar-refractivity contribution in [2.24, 2.45) is 0 Å². The van der Waals surface area contributed by atoms with Crippen molar-refractivity contribution in [3.63, 3.8) is 0 Å². The summed E-state index contributed by atoms with van der Waals surface area (Å²) in [6.07, 6.45) is 0. The Morgan fingerprint density at radius 3 is 2.68 bits per heavy atom. The maximum absolute atomic E-state index is 12.7. The molecule has 1 N–H and O–H groups in total. The number of rotatable bonds is 6. The number of hydrogen-bond donors (Lipinski definition) is 1. The third-order valence-electron chi connectivity index (χ3n) is 4.70. The lowest BCUT2D eigenvalue weighted by molar-refractivity contribution is -0.122. The van der Waals surface area contributed by atoms with Gasteiger partial charge in [0.1, 0.15) is 12.4 Å². The van der Waals surface area contributed by atoms with Gasteiger partial charge in [0.25, 0.3) is 5.56 Å². The lowest BCUT2D eigenvalue weighted by Crippen LogP contribution is -2.38. The SMILES string of the molecule is Cc1nc2ccccc2c(=O)n1CC(=O)NCC(c1cccc(Cl)c1)N(C)C.